The molecular weight excluding hydrogens is 194 g/mol. The number of carboxylic acids is 1. The van der Waals surface area contributed by atoms with E-state index in [2.05, 4.69) is 5.10 Å². The van der Waals surface area contributed by atoms with Gasteiger partial charge in [0.25, 0.3) is 6.43 Å². The smallest absolute Gasteiger partial charge is 0.354 e. The van der Waals surface area contributed by atoms with Crippen LogP contribution in [0, 0.1) is 0 Å². The van der Waals surface area contributed by atoms with E-state index in [1.54, 1.807) is 0 Å². The maximum atomic E-state index is 12.2. The van der Waals surface area contributed by atoms with Crippen LogP contribution in [0.4, 0.5) is 8.78 Å². The summed E-state index contributed by atoms with van der Waals surface area (Å²) in [6, 6.07) is 0.930. The van der Waals surface area contributed by atoms with Crippen LogP contribution in [0.15, 0.2) is 6.07 Å². The minimum Gasteiger partial charge on any atom is -0.477 e. The highest BCUT2D eigenvalue weighted by atomic mass is 19.3. The molecule has 0 unspecified atom stereocenters. The van der Waals surface area contributed by atoms with Gasteiger partial charge in [-0.05, 0) is 12.8 Å². The van der Waals surface area contributed by atoms with E-state index in [-0.39, 0.29) is 11.7 Å². The summed E-state index contributed by atoms with van der Waals surface area (Å²) in [6.07, 6.45) is -1.09. The van der Waals surface area contributed by atoms with E-state index in [9.17, 15) is 13.6 Å². The standard InChI is InChI=1S/C8H8F2N2O2/c9-7(10)5-3-6(8(13)14)12(11-5)4-1-2-4/h3-4,7H,1-2H2,(H,13,14). The number of alkyl halides is 2. The Labute approximate surface area is 78.1 Å². The minimum absolute atomic E-state index is 0.00593. The van der Waals surface area contributed by atoms with Gasteiger partial charge in [-0.1, -0.05) is 0 Å². The zero-order valence-electron chi connectivity index (χ0n) is 7.15. The van der Waals surface area contributed by atoms with Crippen molar-refractivity contribution in [1.29, 1.82) is 0 Å². The van der Waals surface area contributed by atoms with E-state index in [0.29, 0.717) is 0 Å². The molecule has 76 valence electrons. The highest BCUT2D eigenvalue weighted by Gasteiger charge is 2.30. The molecular formula is C8H8F2N2O2. The van der Waals surface area contributed by atoms with Crippen LogP contribution < -0.4 is 0 Å². The van der Waals surface area contributed by atoms with Gasteiger partial charge in [0.15, 0.2) is 0 Å². The van der Waals surface area contributed by atoms with Crippen LogP contribution in [-0.2, 0) is 0 Å². The Balaban J connectivity index is 2.40. The van der Waals surface area contributed by atoms with Crippen LogP contribution in [0.3, 0.4) is 0 Å². The molecule has 1 aromatic heterocycles. The minimum atomic E-state index is -2.71. The molecule has 0 atom stereocenters. The number of aromatic nitrogens is 2. The normalized spacial score (nSPS) is 16.2. The van der Waals surface area contributed by atoms with Gasteiger partial charge in [0.2, 0.25) is 0 Å². The molecule has 0 aliphatic heterocycles. The first-order valence-electron chi connectivity index (χ1n) is 4.20. The third-order valence-corrected chi connectivity index (χ3v) is 2.09. The van der Waals surface area contributed by atoms with Crippen molar-refractivity contribution in [3.8, 4) is 0 Å². The predicted molar refractivity (Wildman–Crippen MR) is 42.4 cm³/mol. The van der Waals surface area contributed by atoms with Crippen LogP contribution in [0.2, 0.25) is 0 Å². The van der Waals surface area contributed by atoms with E-state index in [4.69, 9.17) is 5.11 Å². The molecule has 1 aromatic rings. The molecule has 1 fully saturated rings. The van der Waals surface area contributed by atoms with Crippen molar-refractivity contribution in [2.24, 2.45) is 0 Å². The first-order chi connectivity index (χ1) is 6.59. The molecule has 0 amide bonds. The summed E-state index contributed by atoms with van der Waals surface area (Å²) in [5, 5.41) is 12.3. The van der Waals surface area contributed by atoms with Gasteiger partial charge < -0.3 is 5.11 Å². The second kappa shape index (κ2) is 3.04. The zero-order chi connectivity index (χ0) is 10.3. The molecule has 2 rings (SSSR count). The lowest BCUT2D eigenvalue weighted by atomic mass is 10.3. The quantitative estimate of drug-likeness (QED) is 0.813. The average Bonchev–Trinajstić information content (AvgIpc) is 2.83. The maximum Gasteiger partial charge on any atom is 0.354 e. The molecule has 14 heavy (non-hydrogen) atoms. The Hall–Kier alpha value is -1.46. The molecule has 0 aromatic carbocycles. The number of carboxylic acid groups (broad SMARTS) is 1. The number of nitrogens with zero attached hydrogens (tertiary/aromatic N) is 2. The molecule has 1 heterocycles. The van der Waals surface area contributed by atoms with Gasteiger partial charge in [-0.2, -0.15) is 5.10 Å². The van der Waals surface area contributed by atoms with Gasteiger partial charge in [0, 0.05) is 6.07 Å². The molecule has 1 N–H and O–H groups in total. The van der Waals surface area contributed by atoms with Crippen molar-refractivity contribution in [2.75, 3.05) is 0 Å². The summed E-state index contributed by atoms with van der Waals surface area (Å²) < 4.78 is 25.7. The number of hydrogen-bond acceptors (Lipinski definition) is 2. The Kier molecular flexibility index (Phi) is 1.98. The molecule has 4 nitrogen and oxygen atoms in total. The molecule has 1 aliphatic carbocycles. The number of hydrogen-bond donors (Lipinski definition) is 1. The van der Waals surface area contributed by atoms with Crippen LogP contribution in [0.25, 0.3) is 0 Å². The molecule has 0 bridgehead atoms. The van der Waals surface area contributed by atoms with E-state index in [0.717, 1.165) is 18.9 Å². The third kappa shape index (κ3) is 1.47. The van der Waals surface area contributed by atoms with Crippen LogP contribution in [0.5, 0.6) is 0 Å². The van der Waals surface area contributed by atoms with Crippen LogP contribution >= 0.6 is 0 Å². The highest BCUT2D eigenvalue weighted by molar-refractivity contribution is 5.85. The highest BCUT2D eigenvalue weighted by Crippen LogP contribution is 2.36. The van der Waals surface area contributed by atoms with E-state index in [1.807, 2.05) is 0 Å². The first kappa shape index (κ1) is 9.11. The monoisotopic (exact) mass is 202 g/mol. The Morgan fingerprint density at radius 3 is 2.71 bits per heavy atom. The van der Waals surface area contributed by atoms with E-state index in [1.165, 1.54) is 4.68 Å². The molecule has 1 aliphatic rings. The van der Waals surface area contributed by atoms with Gasteiger partial charge in [-0.3, -0.25) is 4.68 Å². The van der Waals surface area contributed by atoms with E-state index < -0.39 is 18.1 Å². The second-order valence-corrected chi connectivity index (χ2v) is 3.24. The number of rotatable bonds is 3. The number of aromatic carboxylic acids is 1. The second-order valence-electron chi connectivity index (χ2n) is 3.24. The van der Waals surface area contributed by atoms with Gasteiger partial charge in [0.05, 0.1) is 6.04 Å². The molecule has 0 saturated heterocycles. The average molecular weight is 202 g/mol. The summed E-state index contributed by atoms with van der Waals surface area (Å²) in [4.78, 5) is 10.7. The van der Waals surface area contributed by atoms with Crippen LogP contribution in [-0.4, -0.2) is 20.9 Å². The lowest BCUT2D eigenvalue weighted by Crippen LogP contribution is -2.08. The number of carbonyl (C=O) groups is 1. The predicted octanol–water partition coefficient (Wildman–Crippen LogP) is 1.85. The molecule has 0 spiro atoms. The fourth-order valence-electron chi connectivity index (χ4n) is 1.28. The van der Waals surface area contributed by atoms with Crippen molar-refractivity contribution >= 4 is 5.97 Å². The van der Waals surface area contributed by atoms with E-state index >= 15 is 0 Å². The topological polar surface area (TPSA) is 55.1 Å². The van der Waals surface area contributed by atoms with Gasteiger partial charge in [0.1, 0.15) is 11.4 Å². The Bertz CT molecular complexity index is 371. The Morgan fingerprint density at radius 1 is 1.64 bits per heavy atom. The fourth-order valence-corrected chi connectivity index (χ4v) is 1.28. The summed E-state index contributed by atoms with van der Waals surface area (Å²) in [6.45, 7) is 0. The fraction of sp³-hybridized carbons (Fsp3) is 0.500. The lowest BCUT2D eigenvalue weighted by Gasteiger charge is -1.99. The van der Waals surface area contributed by atoms with Crippen molar-refractivity contribution < 1.29 is 18.7 Å². The van der Waals surface area contributed by atoms with Gasteiger partial charge in [-0.15, -0.1) is 0 Å². The van der Waals surface area contributed by atoms with Crippen LogP contribution in [0.1, 0.15) is 41.5 Å². The van der Waals surface area contributed by atoms with Gasteiger partial charge >= 0.3 is 5.97 Å². The Morgan fingerprint density at radius 2 is 2.29 bits per heavy atom. The van der Waals surface area contributed by atoms with Crippen molar-refractivity contribution in [3.05, 3.63) is 17.5 Å². The first-order valence-corrected chi connectivity index (χ1v) is 4.20. The largest absolute Gasteiger partial charge is 0.477 e. The molecule has 6 heteroatoms. The SMILES string of the molecule is O=C(O)c1cc(C(F)F)nn1C1CC1. The molecule has 1 saturated carbocycles. The summed E-state index contributed by atoms with van der Waals surface area (Å²) in [5.74, 6) is -1.21. The van der Waals surface area contributed by atoms with Crippen molar-refractivity contribution in [2.45, 2.75) is 25.3 Å². The third-order valence-electron chi connectivity index (χ3n) is 2.09. The summed E-state index contributed by atoms with van der Waals surface area (Å²) in [5.41, 5.74) is -0.614. The van der Waals surface area contributed by atoms with Gasteiger partial charge in [-0.25, -0.2) is 13.6 Å². The summed E-state index contributed by atoms with van der Waals surface area (Å²) >= 11 is 0. The summed E-state index contributed by atoms with van der Waals surface area (Å²) in [7, 11) is 0. The zero-order valence-corrected chi connectivity index (χ0v) is 7.15. The molecule has 0 radical (unpaired) electrons. The van der Waals surface area contributed by atoms with Crippen molar-refractivity contribution in [3.63, 3.8) is 0 Å². The van der Waals surface area contributed by atoms with Crippen molar-refractivity contribution in [1.82, 2.24) is 9.78 Å². The number of halogens is 2. The lowest BCUT2D eigenvalue weighted by molar-refractivity contribution is 0.0683. The maximum absolute atomic E-state index is 12.2.